The van der Waals surface area contributed by atoms with E-state index in [-0.39, 0.29) is 5.82 Å². The summed E-state index contributed by atoms with van der Waals surface area (Å²) in [5.41, 5.74) is 0. The summed E-state index contributed by atoms with van der Waals surface area (Å²) in [5.74, 6) is 0.302. The van der Waals surface area contributed by atoms with E-state index >= 15 is 0 Å². The van der Waals surface area contributed by atoms with Crippen molar-refractivity contribution in [1.82, 2.24) is 9.38 Å². The molecule has 2 aromatic rings. The molecule has 92 valence electrons. The monoisotopic (exact) mass is 256 g/mol. The van der Waals surface area contributed by atoms with E-state index in [0.717, 1.165) is 6.42 Å². The Bertz CT molecular complexity index is 521. The summed E-state index contributed by atoms with van der Waals surface area (Å²) in [6.07, 6.45) is 2.42. The van der Waals surface area contributed by atoms with Crippen LogP contribution in [0.5, 0.6) is 0 Å². The first kappa shape index (κ1) is 11.8. The van der Waals surface area contributed by atoms with E-state index in [4.69, 9.17) is 4.74 Å². The van der Waals surface area contributed by atoms with E-state index in [0.29, 0.717) is 23.9 Å². The van der Waals surface area contributed by atoms with Crippen molar-refractivity contribution in [3.8, 4) is 0 Å². The van der Waals surface area contributed by atoms with E-state index in [9.17, 15) is 10.1 Å². The molecule has 0 saturated heterocycles. The molecule has 0 saturated carbocycles. The molecule has 0 spiro atoms. The minimum atomic E-state index is -0.425. The highest BCUT2D eigenvalue weighted by molar-refractivity contribution is 7.15. The third kappa shape index (κ3) is 2.37. The largest absolute Gasteiger partial charge is 0.385 e. The average molecular weight is 256 g/mol. The van der Waals surface area contributed by atoms with Crippen LogP contribution in [0, 0.1) is 10.1 Å². The number of thiazole rings is 1. The quantitative estimate of drug-likeness (QED) is 0.483. The Balaban J connectivity index is 2.17. The smallest absolute Gasteiger partial charge is 0.372 e. The van der Waals surface area contributed by atoms with Crippen molar-refractivity contribution in [2.75, 3.05) is 25.6 Å². The number of hydrogen-bond acceptors (Lipinski definition) is 6. The molecule has 0 aliphatic heterocycles. The number of anilines is 1. The average Bonchev–Trinajstić information content (AvgIpc) is 2.83. The zero-order chi connectivity index (χ0) is 12.3. The Kier molecular flexibility index (Phi) is 3.55. The Hall–Kier alpha value is -1.67. The van der Waals surface area contributed by atoms with E-state index in [1.54, 1.807) is 18.7 Å². The van der Waals surface area contributed by atoms with Crippen LogP contribution in [0.25, 0.3) is 4.96 Å². The predicted octanol–water partition coefficient (Wildman–Crippen LogP) is 1.75. The zero-order valence-corrected chi connectivity index (χ0v) is 10.1. The summed E-state index contributed by atoms with van der Waals surface area (Å²) in [4.78, 5) is 15.3. The topological polar surface area (TPSA) is 81.7 Å². The van der Waals surface area contributed by atoms with Crippen LogP contribution in [0.2, 0.25) is 0 Å². The highest BCUT2D eigenvalue weighted by Gasteiger charge is 2.22. The van der Waals surface area contributed by atoms with Crippen molar-refractivity contribution in [3.63, 3.8) is 0 Å². The molecule has 0 fully saturated rings. The fraction of sp³-hybridized carbons (Fsp3) is 0.444. The maximum absolute atomic E-state index is 11.0. The normalized spacial score (nSPS) is 10.9. The molecule has 1 N–H and O–H groups in total. The number of rotatable bonds is 6. The predicted molar refractivity (Wildman–Crippen MR) is 64.7 cm³/mol. The van der Waals surface area contributed by atoms with Gasteiger partial charge in [0.1, 0.15) is 6.20 Å². The SMILES string of the molecule is COCCCNc1nc2sccn2c1[N+](=O)[O-]. The lowest BCUT2D eigenvalue weighted by Crippen LogP contribution is -2.06. The van der Waals surface area contributed by atoms with Gasteiger partial charge in [-0.25, -0.2) is 0 Å². The van der Waals surface area contributed by atoms with Gasteiger partial charge in [0.15, 0.2) is 0 Å². The van der Waals surface area contributed by atoms with Crippen LogP contribution in [0.15, 0.2) is 11.6 Å². The molecule has 0 amide bonds. The molecule has 0 unspecified atom stereocenters. The van der Waals surface area contributed by atoms with Gasteiger partial charge in [0.2, 0.25) is 5.82 Å². The lowest BCUT2D eigenvalue weighted by molar-refractivity contribution is -0.389. The molecule has 0 aromatic carbocycles. The number of nitro groups is 1. The molecular weight excluding hydrogens is 244 g/mol. The molecule has 0 aliphatic rings. The number of nitrogens with one attached hydrogen (secondary N) is 1. The molecule has 2 heterocycles. The highest BCUT2D eigenvalue weighted by atomic mass is 32.1. The lowest BCUT2D eigenvalue weighted by Gasteiger charge is -2.02. The van der Waals surface area contributed by atoms with Crippen LogP contribution in [-0.2, 0) is 4.74 Å². The van der Waals surface area contributed by atoms with E-state index < -0.39 is 4.92 Å². The van der Waals surface area contributed by atoms with Gasteiger partial charge in [-0.1, -0.05) is 11.3 Å². The van der Waals surface area contributed by atoms with Gasteiger partial charge in [0.05, 0.1) is 0 Å². The van der Waals surface area contributed by atoms with Crippen molar-refractivity contribution < 1.29 is 9.66 Å². The second-order valence-electron chi connectivity index (χ2n) is 3.37. The number of methoxy groups -OCH3 is 1. The Labute approximate surface area is 101 Å². The van der Waals surface area contributed by atoms with Crippen molar-refractivity contribution in [2.24, 2.45) is 0 Å². The number of fused-ring (bicyclic) bond motifs is 1. The second kappa shape index (κ2) is 5.11. The van der Waals surface area contributed by atoms with Gasteiger partial charge in [-0.05, 0) is 11.3 Å². The Morgan fingerprint density at radius 2 is 2.53 bits per heavy atom. The molecule has 2 aromatic heterocycles. The van der Waals surface area contributed by atoms with Crippen LogP contribution in [0.1, 0.15) is 6.42 Å². The maximum Gasteiger partial charge on any atom is 0.372 e. The third-order valence-electron chi connectivity index (χ3n) is 2.23. The van der Waals surface area contributed by atoms with Crippen molar-refractivity contribution in [2.45, 2.75) is 6.42 Å². The number of hydrogen-bond donors (Lipinski definition) is 1. The van der Waals surface area contributed by atoms with Crippen LogP contribution >= 0.6 is 11.3 Å². The first-order chi connectivity index (χ1) is 8.24. The summed E-state index contributed by atoms with van der Waals surface area (Å²) in [5, 5.41) is 15.7. The number of nitrogens with zero attached hydrogens (tertiary/aromatic N) is 3. The minimum Gasteiger partial charge on any atom is -0.385 e. The minimum absolute atomic E-state index is 0.0151. The molecule has 0 aliphatic carbocycles. The standard InChI is InChI=1S/C9H12N4O3S/c1-16-5-2-3-10-7-8(13(14)15)12-4-6-17-9(12)11-7/h4,6,10H,2-3,5H2,1H3. The van der Waals surface area contributed by atoms with Crippen LogP contribution in [0.3, 0.4) is 0 Å². The van der Waals surface area contributed by atoms with Crippen molar-refractivity contribution in [1.29, 1.82) is 0 Å². The zero-order valence-electron chi connectivity index (χ0n) is 9.25. The molecular formula is C9H12N4O3S. The third-order valence-corrected chi connectivity index (χ3v) is 2.98. The molecule has 0 radical (unpaired) electrons. The van der Waals surface area contributed by atoms with Crippen LogP contribution in [-0.4, -0.2) is 34.6 Å². The summed E-state index contributed by atoms with van der Waals surface area (Å²) in [6, 6.07) is 0. The summed E-state index contributed by atoms with van der Waals surface area (Å²) in [7, 11) is 1.62. The molecule has 2 rings (SSSR count). The molecule has 0 atom stereocenters. The fourth-order valence-corrected chi connectivity index (χ4v) is 2.20. The molecule has 7 nitrogen and oxygen atoms in total. The summed E-state index contributed by atoms with van der Waals surface area (Å²) < 4.78 is 6.38. The summed E-state index contributed by atoms with van der Waals surface area (Å²) in [6.45, 7) is 1.21. The maximum atomic E-state index is 11.0. The van der Waals surface area contributed by atoms with Crippen LogP contribution < -0.4 is 5.32 Å². The Morgan fingerprint density at radius 3 is 3.24 bits per heavy atom. The van der Waals surface area contributed by atoms with Gasteiger partial charge in [0, 0.05) is 25.6 Å². The van der Waals surface area contributed by atoms with Crippen molar-refractivity contribution >= 4 is 27.9 Å². The van der Waals surface area contributed by atoms with Crippen molar-refractivity contribution in [3.05, 3.63) is 21.7 Å². The fourth-order valence-electron chi connectivity index (χ4n) is 1.49. The molecule has 0 bridgehead atoms. The van der Waals surface area contributed by atoms with Crippen LogP contribution in [0.4, 0.5) is 11.6 Å². The summed E-state index contributed by atoms with van der Waals surface area (Å²) >= 11 is 1.37. The Morgan fingerprint density at radius 1 is 1.71 bits per heavy atom. The molecule has 17 heavy (non-hydrogen) atoms. The first-order valence-electron chi connectivity index (χ1n) is 5.07. The van der Waals surface area contributed by atoms with Gasteiger partial charge >= 0.3 is 5.82 Å². The van der Waals surface area contributed by atoms with Gasteiger partial charge in [0.25, 0.3) is 4.96 Å². The number of imidazole rings is 1. The number of ether oxygens (including phenoxy) is 1. The van der Waals surface area contributed by atoms with Gasteiger partial charge in [-0.15, -0.1) is 0 Å². The number of aromatic nitrogens is 2. The van der Waals surface area contributed by atoms with Gasteiger partial charge in [-0.2, -0.15) is 9.38 Å². The lowest BCUT2D eigenvalue weighted by atomic mass is 10.4. The second-order valence-corrected chi connectivity index (χ2v) is 4.24. The van der Waals surface area contributed by atoms with E-state index in [2.05, 4.69) is 10.3 Å². The van der Waals surface area contributed by atoms with Gasteiger partial charge in [-0.3, -0.25) is 0 Å². The van der Waals surface area contributed by atoms with Gasteiger partial charge < -0.3 is 20.2 Å². The van der Waals surface area contributed by atoms with E-state index in [1.165, 1.54) is 15.7 Å². The van der Waals surface area contributed by atoms with E-state index in [1.807, 2.05) is 0 Å². The highest BCUT2D eigenvalue weighted by Crippen LogP contribution is 2.27. The first-order valence-corrected chi connectivity index (χ1v) is 5.94. The molecule has 8 heteroatoms.